The number of benzene rings is 1. The van der Waals surface area contributed by atoms with E-state index in [1.165, 1.54) is 6.20 Å². The van der Waals surface area contributed by atoms with E-state index in [0.717, 1.165) is 53.7 Å². The minimum absolute atomic E-state index is 0.0346. The topological polar surface area (TPSA) is 91.5 Å². The maximum Gasteiger partial charge on any atom is 0.254 e. The van der Waals surface area contributed by atoms with Gasteiger partial charge in [0, 0.05) is 55.8 Å². The highest BCUT2D eigenvalue weighted by Crippen LogP contribution is 2.36. The molecular weight excluding hydrogens is 502 g/mol. The van der Waals surface area contributed by atoms with E-state index >= 15 is 0 Å². The van der Waals surface area contributed by atoms with Gasteiger partial charge in [0.15, 0.2) is 0 Å². The van der Waals surface area contributed by atoms with Crippen molar-refractivity contribution in [3.05, 3.63) is 80.5 Å². The molecule has 1 unspecified atom stereocenters. The number of aromatic nitrogens is 2. The second-order valence-corrected chi connectivity index (χ2v) is 10.4. The van der Waals surface area contributed by atoms with E-state index in [1.807, 2.05) is 24.9 Å². The number of carbonyl (C=O) groups is 1. The summed E-state index contributed by atoms with van der Waals surface area (Å²) in [6, 6.07) is 9.58. The van der Waals surface area contributed by atoms with Crippen LogP contribution in [0.3, 0.4) is 0 Å². The van der Waals surface area contributed by atoms with Crippen molar-refractivity contribution >= 4 is 5.91 Å². The second-order valence-electron chi connectivity index (χ2n) is 10.4. The number of aryl methyl sites for hydroxylation is 2. The van der Waals surface area contributed by atoms with Gasteiger partial charge in [0.1, 0.15) is 17.4 Å². The molecule has 8 nitrogen and oxygen atoms in total. The van der Waals surface area contributed by atoms with E-state index in [9.17, 15) is 14.9 Å². The molecule has 8 heteroatoms. The monoisotopic (exact) mass is 541 g/mol. The first-order valence-electron chi connectivity index (χ1n) is 14.1. The van der Waals surface area contributed by atoms with Gasteiger partial charge >= 0.3 is 0 Å². The molecule has 4 rings (SSSR count). The Balaban J connectivity index is 1.79. The molecule has 0 bridgehead atoms. The highest BCUT2D eigenvalue weighted by Gasteiger charge is 2.32. The second kappa shape index (κ2) is 12.5. The van der Waals surface area contributed by atoms with Crippen LogP contribution >= 0.6 is 0 Å². The number of pyridine rings is 2. The maximum absolute atomic E-state index is 14.1. The first-order chi connectivity index (χ1) is 19.2. The van der Waals surface area contributed by atoms with Crippen LogP contribution in [-0.2, 0) is 26.3 Å². The van der Waals surface area contributed by atoms with Gasteiger partial charge in [-0.15, -0.1) is 0 Å². The molecule has 1 aliphatic rings. The predicted octanol–water partition coefficient (Wildman–Crippen LogP) is 4.53. The van der Waals surface area contributed by atoms with Crippen LogP contribution in [0, 0.1) is 11.3 Å². The zero-order chi connectivity index (χ0) is 29.0. The fourth-order valence-corrected chi connectivity index (χ4v) is 5.32. The van der Waals surface area contributed by atoms with Crippen LogP contribution in [0.1, 0.15) is 72.0 Å². The van der Waals surface area contributed by atoms with Gasteiger partial charge < -0.3 is 19.1 Å². The lowest BCUT2D eigenvalue weighted by atomic mass is 9.86. The largest absolute Gasteiger partial charge is 0.492 e. The van der Waals surface area contributed by atoms with Gasteiger partial charge in [-0.25, -0.2) is 0 Å². The summed E-state index contributed by atoms with van der Waals surface area (Å²) in [6.45, 7) is 10.8. The number of carbonyl (C=O) groups excluding carboxylic acids is 1. The molecule has 0 fully saturated rings. The van der Waals surface area contributed by atoms with Gasteiger partial charge in [-0.05, 0) is 75.0 Å². The molecule has 2 aromatic heterocycles. The lowest BCUT2D eigenvalue weighted by Crippen LogP contribution is -2.40. The Bertz CT molecular complexity index is 1500. The number of amides is 1. The van der Waals surface area contributed by atoms with Gasteiger partial charge in [0.2, 0.25) is 0 Å². The lowest BCUT2D eigenvalue weighted by Gasteiger charge is -2.35. The number of hydrogen-bond acceptors (Lipinski definition) is 6. The van der Waals surface area contributed by atoms with Crippen LogP contribution in [-0.4, -0.2) is 58.5 Å². The summed E-state index contributed by atoms with van der Waals surface area (Å²) in [5.41, 5.74) is 6.90. The molecule has 1 aromatic carbocycles. The van der Waals surface area contributed by atoms with Crippen molar-refractivity contribution in [1.29, 1.82) is 5.26 Å². The third-order valence-electron chi connectivity index (χ3n) is 7.91. The number of hydrogen-bond donors (Lipinski definition) is 0. The highest BCUT2D eigenvalue weighted by molar-refractivity contribution is 5.99. The lowest BCUT2D eigenvalue weighted by molar-refractivity contribution is 0.0669. The molecule has 0 aliphatic carbocycles. The zero-order valence-electron chi connectivity index (χ0n) is 24.5. The zero-order valence-corrected chi connectivity index (χ0v) is 24.5. The van der Waals surface area contributed by atoms with E-state index in [4.69, 9.17) is 4.74 Å². The molecular formula is C32H39N5O3. The Morgan fingerprint density at radius 3 is 2.55 bits per heavy atom. The Labute approximate surface area is 236 Å². The van der Waals surface area contributed by atoms with Crippen LogP contribution < -0.4 is 10.3 Å². The summed E-state index contributed by atoms with van der Waals surface area (Å²) in [5, 5.41) is 9.43. The van der Waals surface area contributed by atoms with Crippen molar-refractivity contribution < 1.29 is 9.53 Å². The molecule has 40 heavy (non-hydrogen) atoms. The summed E-state index contributed by atoms with van der Waals surface area (Å²) >= 11 is 0. The molecule has 210 valence electrons. The Kier molecular flexibility index (Phi) is 9.06. The first kappa shape index (κ1) is 29.0. The Morgan fingerprint density at radius 1 is 1.12 bits per heavy atom. The van der Waals surface area contributed by atoms with Gasteiger partial charge in [-0.3, -0.25) is 14.6 Å². The summed E-state index contributed by atoms with van der Waals surface area (Å²) in [6.07, 6.45) is 5.67. The van der Waals surface area contributed by atoms with Gasteiger partial charge in [0.05, 0.1) is 18.3 Å². The standard InChI is InChI=1S/C32H39N5O3/c1-7-23-16-31(38)36(6)20-28(23)26-14-22(10-12-35(5)8-2)15-27-25(26)11-13-37(32(27)39)21(4)29-17-30(40-9-3)24(18-33)19-34-29/h14-17,19-21H,7-13H2,1-6H3. The minimum Gasteiger partial charge on any atom is -0.492 e. The number of nitriles is 1. The van der Waals surface area contributed by atoms with E-state index < -0.39 is 0 Å². The average Bonchev–Trinajstić information content (AvgIpc) is 2.96. The Hall–Kier alpha value is -3.96. The summed E-state index contributed by atoms with van der Waals surface area (Å²) in [5.74, 6) is 0.450. The molecule has 1 atom stereocenters. The summed E-state index contributed by atoms with van der Waals surface area (Å²) in [7, 11) is 3.87. The highest BCUT2D eigenvalue weighted by atomic mass is 16.5. The normalized spacial score (nSPS) is 13.8. The number of nitrogens with zero attached hydrogens (tertiary/aromatic N) is 5. The quantitative estimate of drug-likeness (QED) is 0.375. The van der Waals surface area contributed by atoms with Crippen molar-refractivity contribution in [2.75, 3.05) is 33.3 Å². The van der Waals surface area contributed by atoms with Crippen LogP contribution in [0.15, 0.2) is 41.5 Å². The molecule has 1 amide bonds. The van der Waals surface area contributed by atoms with E-state index in [0.29, 0.717) is 42.1 Å². The van der Waals surface area contributed by atoms with E-state index in [1.54, 1.807) is 23.7 Å². The SMILES string of the molecule is CCOc1cc(C(C)N2CCc3c(cc(CCN(C)CC)cc3-c3cn(C)c(=O)cc3CC)C2=O)ncc1C#N. The molecule has 0 radical (unpaired) electrons. The molecule has 0 saturated heterocycles. The van der Waals surface area contributed by atoms with Crippen molar-refractivity contribution in [2.24, 2.45) is 7.05 Å². The molecule has 3 aromatic rings. The van der Waals surface area contributed by atoms with Crippen molar-refractivity contribution in [2.45, 2.75) is 53.0 Å². The number of fused-ring (bicyclic) bond motifs is 1. The fourth-order valence-electron chi connectivity index (χ4n) is 5.32. The molecule has 0 saturated carbocycles. The number of likely N-dealkylation sites (N-methyl/N-ethyl adjacent to an activating group) is 1. The fraction of sp³-hybridized carbons (Fsp3) is 0.438. The van der Waals surface area contributed by atoms with Crippen LogP contribution in [0.25, 0.3) is 11.1 Å². The Morgan fingerprint density at radius 2 is 1.88 bits per heavy atom. The maximum atomic E-state index is 14.1. The number of rotatable bonds is 10. The van der Waals surface area contributed by atoms with E-state index in [2.05, 4.69) is 49.0 Å². The molecule has 0 spiro atoms. The van der Waals surface area contributed by atoms with Gasteiger partial charge in [0.25, 0.3) is 11.5 Å². The van der Waals surface area contributed by atoms with Crippen molar-refractivity contribution in [3.63, 3.8) is 0 Å². The van der Waals surface area contributed by atoms with Crippen molar-refractivity contribution in [1.82, 2.24) is 19.4 Å². The number of ether oxygens (including phenoxy) is 1. The molecule has 0 N–H and O–H groups in total. The van der Waals surface area contributed by atoms with Crippen LogP contribution in [0.5, 0.6) is 5.75 Å². The van der Waals surface area contributed by atoms with Gasteiger partial charge in [-0.1, -0.05) is 19.9 Å². The predicted molar refractivity (Wildman–Crippen MR) is 157 cm³/mol. The van der Waals surface area contributed by atoms with Gasteiger partial charge in [-0.2, -0.15) is 5.26 Å². The van der Waals surface area contributed by atoms with Crippen molar-refractivity contribution in [3.8, 4) is 22.9 Å². The smallest absolute Gasteiger partial charge is 0.254 e. The molecule has 1 aliphatic heterocycles. The average molecular weight is 542 g/mol. The summed E-state index contributed by atoms with van der Waals surface area (Å²) in [4.78, 5) is 35.2. The third-order valence-corrected chi connectivity index (χ3v) is 7.91. The molecule has 3 heterocycles. The van der Waals surface area contributed by atoms with Crippen LogP contribution in [0.4, 0.5) is 0 Å². The first-order valence-corrected chi connectivity index (χ1v) is 14.1. The van der Waals surface area contributed by atoms with E-state index in [-0.39, 0.29) is 17.5 Å². The minimum atomic E-state index is -0.297. The third kappa shape index (κ3) is 5.80. The summed E-state index contributed by atoms with van der Waals surface area (Å²) < 4.78 is 7.29. The van der Waals surface area contributed by atoms with Crippen LogP contribution in [0.2, 0.25) is 0 Å².